The number of carbonyl (C=O) groups excluding carboxylic acids is 1. The minimum absolute atomic E-state index is 0.00621. The summed E-state index contributed by atoms with van der Waals surface area (Å²) in [5.74, 6) is 2.18. The Labute approximate surface area is 118 Å². The highest BCUT2D eigenvalue weighted by molar-refractivity contribution is 7.99. The molecule has 1 unspecified atom stereocenters. The van der Waals surface area contributed by atoms with Crippen LogP contribution in [-0.4, -0.2) is 40.4 Å². The molecule has 1 rings (SSSR count). The van der Waals surface area contributed by atoms with Crippen molar-refractivity contribution < 1.29 is 4.79 Å². The van der Waals surface area contributed by atoms with Gasteiger partial charge in [-0.2, -0.15) is 11.8 Å². The Balaban J connectivity index is 2.60. The van der Waals surface area contributed by atoms with Gasteiger partial charge >= 0.3 is 0 Å². The smallest absolute Gasteiger partial charge is 0.254 e. The molecule has 1 aromatic rings. The fraction of sp³-hybridized carbons (Fsp3) is 0.538. The van der Waals surface area contributed by atoms with E-state index in [1.165, 1.54) is 0 Å². The first-order chi connectivity index (χ1) is 8.56. The highest BCUT2D eigenvalue weighted by Gasteiger charge is 2.17. The molecule has 0 spiro atoms. The van der Waals surface area contributed by atoms with Gasteiger partial charge in [0.2, 0.25) is 0 Å². The number of rotatable bonds is 6. The molecule has 1 aromatic heterocycles. The van der Waals surface area contributed by atoms with Crippen LogP contribution in [-0.2, 0) is 0 Å². The van der Waals surface area contributed by atoms with Crippen LogP contribution in [0.1, 0.15) is 30.6 Å². The number of hydrogen-bond acceptors (Lipinski definition) is 3. The van der Waals surface area contributed by atoms with E-state index in [9.17, 15) is 4.79 Å². The minimum atomic E-state index is -0.00621. The van der Waals surface area contributed by atoms with Crippen molar-refractivity contribution in [1.82, 2.24) is 9.88 Å². The molecule has 100 valence electrons. The van der Waals surface area contributed by atoms with Crippen LogP contribution in [0.15, 0.2) is 18.3 Å². The molecule has 0 aromatic carbocycles. The summed E-state index contributed by atoms with van der Waals surface area (Å²) in [6, 6.07) is 3.52. The van der Waals surface area contributed by atoms with Gasteiger partial charge in [-0.3, -0.25) is 4.79 Å². The van der Waals surface area contributed by atoms with Crippen molar-refractivity contribution in [3.8, 4) is 0 Å². The average Bonchev–Trinajstić information content (AvgIpc) is 2.37. The van der Waals surface area contributed by atoms with Gasteiger partial charge in [-0.15, -0.1) is 0 Å². The molecule has 1 heterocycles. The summed E-state index contributed by atoms with van der Waals surface area (Å²) in [6.07, 6.45) is 2.56. The number of thioether (sulfide) groups is 1. The van der Waals surface area contributed by atoms with Crippen LogP contribution in [0.5, 0.6) is 0 Å². The number of nitrogens with zero attached hydrogens (tertiary/aromatic N) is 2. The van der Waals surface area contributed by atoms with Crippen LogP contribution in [0.4, 0.5) is 0 Å². The number of aromatic nitrogens is 1. The zero-order chi connectivity index (χ0) is 13.5. The zero-order valence-electron chi connectivity index (χ0n) is 11.0. The lowest BCUT2D eigenvalue weighted by Gasteiger charge is -2.25. The summed E-state index contributed by atoms with van der Waals surface area (Å²) in [5.41, 5.74) is 0.590. The monoisotopic (exact) mass is 286 g/mol. The fourth-order valence-corrected chi connectivity index (χ4v) is 2.50. The summed E-state index contributed by atoms with van der Waals surface area (Å²) in [4.78, 5) is 17.8. The predicted octanol–water partition coefficient (Wildman–Crippen LogP) is 3.34. The van der Waals surface area contributed by atoms with E-state index in [1.54, 1.807) is 23.2 Å². The molecule has 0 fully saturated rings. The van der Waals surface area contributed by atoms with Crippen LogP contribution >= 0.6 is 23.4 Å². The van der Waals surface area contributed by atoms with E-state index in [1.807, 2.05) is 18.8 Å². The van der Waals surface area contributed by atoms with Gasteiger partial charge in [0, 0.05) is 24.8 Å². The summed E-state index contributed by atoms with van der Waals surface area (Å²) in [5, 5.41) is 0.350. The normalized spacial score (nSPS) is 12.2. The second-order valence-corrected chi connectivity index (χ2v) is 5.90. The molecule has 0 N–H and O–H groups in total. The molecule has 1 atom stereocenters. The van der Waals surface area contributed by atoms with Crippen molar-refractivity contribution in [2.24, 2.45) is 0 Å². The van der Waals surface area contributed by atoms with E-state index in [0.29, 0.717) is 10.7 Å². The van der Waals surface area contributed by atoms with E-state index in [2.05, 4.69) is 18.8 Å². The Morgan fingerprint density at radius 2 is 2.33 bits per heavy atom. The maximum Gasteiger partial charge on any atom is 0.254 e. The predicted molar refractivity (Wildman–Crippen MR) is 78.4 cm³/mol. The molecule has 0 saturated carbocycles. The Morgan fingerprint density at radius 3 is 2.94 bits per heavy atom. The van der Waals surface area contributed by atoms with Gasteiger partial charge in [-0.25, -0.2) is 4.98 Å². The van der Waals surface area contributed by atoms with Gasteiger partial charge < -0.3 is 4.90 Å². The van der Waals surface area contributed by atoms with Crippen molar-refractivity contribution in [3.63, 3.8) is 0 Å². The third kappa shape index (κ3) is 4.50. The van der Waals surface area contributed by atoms with Crippen LogP contribution in [0.2, 0.25) is 5.15 Å². The molecular formula is C13H19ClN2OS. The lowest BCUT2D eigenvalue weighted by molar-refractivity contribution is 0.0741. The average molecular weight is 287 g/mol. The Bertz CT molecular complexity index is 400. The van der Waals surface area contributed by atoms with Gasteiger partial charge in [0.15, 0.2) is 0 Å². The van der Waals surface area contributed by atoms with Crippen molar-refractivity contribution >= 4 is 29.3 Å². The lowest BCUT2D eigenvalue weighted by atomic mass is 10.2. The van der Waals surface area contributed by atoms with Crippen LogP contribution in [0.3, 0.4) is 0 Å². The van der Waals surface area contributed by atoms with E-state index in [-0.39, 0.29) is 11.9 Å². The molecule has 0 radical (unpaired) electrons. The molecule has 0 aliphatic rings. The van der Waals surface area contributed by atoms with Crippen molar-refractivity contribution in [1.29, 1.82) is 0 Å². The SMILES string of the molecule is CCSCCC(C)N(C)C(=O)c1ccnc(Cl)c1. The summed E-state index contributed by atoms with van der Waals surface area (Å²) in [7, 11) is 1.83. The van der Waals surface area contributed by atoms with Crippen molar-refractivity contribution in [2.75, 3.05) is 18.6 Å². The summed E-state index contributed by atoms with van der Waals surface area (Å²) in [6.45, 7) is 4.21. The van der Waals surface area contributed by atoms with Gasteiger partial charge in [-0.05, 0) is 37.0 Å². The van der Waals surface area contributed by atoms with E-state index in [4.69, 9.17) is 11.6 Å². The topological polar surface area (TPSA) is 33.2 Å². The standard InChI is InChI=1S/C13H19ClN2OS/c1-4-18-8-6-10(2)16(3)13(17)11-5-7-15-12(14)9-11/h5,7,9-10H,4,6,8H2,1-3H3. The second kappa shape index (κ2) is 7.64. The van der Waals surface area contributed by atoms with Crippen molar-refractivity contribution in [2.45, 2.75) is 26.3 Å². The highest BCUT2D eigenvalue weighted by atomic mass is 35.5. The molecular weight excluding hydrogens is 268 g/mol. The van der Waals surface area contributed by atoms with Gasteiger partial charge in [0.25, 0.3) is 5.91 Å². The maximum absolute atomic E-state index is 12.2. The Morgan fingerprint density at radius 1 is 1.61 bits per heavy atom. The van der Waals surface area contributed by atoms with Gasteiger partial charge in [0.05, 0.1) is 0 Å². The molecule has 18 heavy (non-hydrogen) atoms. The summed E-state index contributed by atoms with van der Waals surface area (Å²) >= 11 is 7.69. The van der Waals surface area contributed by atoms with Crippen LogP contribution < -0.4 is 0 Å². The molecule has 0 saturated heterocycles. The first-order valence-corrected chi connectivity index (χ1v) is 7.56. The molecule has 5 heteroatoms. The first kappa shape index (κ1) is 15.3. The van der Waals surface area contributed by atoms with Crippen LogP contribution in [0.25, 0.3) is 0 Å². The maximum atomic E-state index is 12.2. The number of pyridine rings is 1. The third-order valence-corrected chi connectivity index (χ3v) is 3.98. The van der Waals surface area contributed by atoms with Gasteiger partial charge in [0.1, 0.15) is 5.15 Å². The van der Waals surface area contributed by atoms with Gasteiger partial charge in [-0.1, -0.05) is 18.5 Å². The minimum Gasteiger partial charge on any atom is -0.339 e. The number of halogens is 1. The molecule has 0 aliphatic carbocycles. The Hall–Kier alpha value is -0.740. The van der Waals surface area contributed by atoms with Crippen LogP contribution in [0, 0.1) is 0 Å². The zero-order valence-corrected chi connectivity index (χ0v) is 12.6. The molecule has 3 nitrogen and oxygen atoms in total. The summed E-state index contributed by atoms with van der Waals surface area (Å²) < 4.78 is 0. The Kier molecular flexibility index (Phi) is 6.50. The van der Waals surface area contributed by atoms with E-state index in [0.717, 1.165) is 17.9 Å². The second-order valence-electron chi connectivity index (χ2n) is 4.12. The van der Waals surface area contributed by atoms with E-state index < -0.39 is 0 Å². The molecule has 0 bridgehead atoms. The van der Waals surface area contributed by atoms with Crippen molar-refractivity contribution in [3.05, 3.63) is 29.0 Å². The quantitative estimate of drug-likeness (QED) is 0.594. The fourth-order valence-electron chi connectivity index (χ4n) is 1.53. The lowest BCUT2D eigenvalue weighted by Crippen LogP contribution is -2.35. The largest absolute Gasteiger partial charge is 0.339 e. The highest BCUT2D eigenvalue weighted by Crippen LogP contribution is 2.13. The third-order valence-electron chi connectivity index (χ3n) is 2.84. The first-order valence-electron chi connectivity index (χ1n) is 6.02. The number of amides is 1. The number of hydrogen-bond donors (Lipinski definition) is 0. The molecule has 0 aliphatic heterocycles. The number of carbonyl (C=O) groups is 1. The molecule has 1 amide bonds. The van der Waals surface area contributed by atoms with E-state index >= 15 is 0 Å².